The molecule has 12 heteroatoms. The number of ether oxygens (including phenoxy) is 1. The number of urea groups is 1. The maximum absolute atomic E-state index is 13.2. The van der Waals surface area contributed by atoms with Crippen molar-refractivity contribution >= 4 is 78.8 Å². The largest absolute Gasteiger partial charge is 0.487 e. The van der Waals surface area contributed by atoms with Crippen LogP contribution in [0.25, 0.3) is 6.08 Å². The molecule has 4 amide bonds. The Bertz CT molecular complexity index is 1430. The van der Waals surface area contributed by atoms with E-state index in [0.717, 1.165) is 4.90 Å². The third-order valence-electron chi connectivity index (χ3n) is 5.05. The number of benzene rings is 3. The van der Waals surface area contributed by atoms with Crippen molar-refractivity contribution < 1.29 is 24.0 Å². The fraction of sp³-hybridized carbons (Fsp3) is 0.0417. The number of hydrogen-bond acceptors (Lipinski definition) is 6. The molecule has 1 fully saturated rings. The van der Waals surface area contributed by atoms with Crippen LogP contribution in [0.15, 0.2) is 75.2 Å². The van der Waals surface area contributed by atoms with Gasteiger partial charge in [0.1, 0.15) is 17.9 Å². The molecule has 1 aliphatic heterocycles. The van der Waals surface area contributed by atoms with Crippen molar-refractivity contribution in [3.8, 4) is 5.75 Å². The van der Waals surface area contributed by atoms with Crippen LogP contribution in [0.3, 0.4) is 0 Å². The lowest BCUT2D eigenvalue weighted by molar-refractivity contribution is -0.384. The SMILES string of the molecule is O=C1NC(=O)N(c2ccc(Cl)cc2)C(=O)/C1=C/c1cc(Br)cc(Br)c1OCc1ccc([N+](=O)[O-])cc1. The summed E-state index contributed by atoms with van der Waals surface area (Å²) in [6.45, 7) is 0.0595. The van der Waals surface area contributed by atoms with Gasteiger partial charge < -0.3 is 4.74 Å². The predicted molar refractivity (Wildman–Crippen MR) is 140 cm³/mol. The molecule has 182 valence electrons. The Balaban J connectivity index is 1.67. The maximum atomic E-state index is 13.2. The van der Waals surface area contributed by atoms with Crippen molar-refractivity contribution in [2.45, 2.75) is 6.61 Å². The quantitative estimate of drug-likeness (QED) is 0.153. The second kappa shape index (κ2) is 10.6. The van der Waals surface area contributed by atoms with Crippen LogP contribution in [-0.2, 0) is 16.2 Å². The summed E-state index contributed by atoms with van der Waals surface area (Å²) in [5, 5.41) is 13.5. The summed E-state index contributed by atoms with van der Waals surface area (Å²) in [5.41, 5.74) is 0.956. The second-order valence-electron chi connectivity index (χ2n) is 7.45. The van der Waals surface area contributed by atoms with Crippen LogP contribution in [-0.4, -0.2) is 22.8 Å². The van der Waals surface area contributed by atoms with Gasteiger partial charge in [0, 0.05) is 27.2 Å². The lowest BCUT2D eigenvalue weighted by Gasteiger charge is -2.26. The molecule has 0 atom stereocenters. The van der Waals surface area contributed by atoms with Gasteiger partial charge in [-0.25, -0.2) is 9.69 Å². The number of nitrogens with zero attached hydrogens (tertiary/aromatic N) is 2. The number of anilines is 1. The number of amides is 4. The first kappa shape index (κ1) is 25.5. The molecule has 0 unspecified atom stereocenters. The van der Waals surface area contributed by atoms with Gasteiger partial charge in [0.2, 0.25) is 0 Å². The zero-order chi connectivity index (χ0) is 26.0. The van der Waals surface area contributed by atoms with Crippen LogP contribution < -0.4 is 15.0 Å². The Hall–Kier alpha value is -3.54. The number of non-ortho nitro benzene ring substituents is 1. The maximum Gasteiger partial charge on any atom is 0.335 e. The van der Waals surface area contributed by atoms with Crippen LogP contribution in [0, 0.1) is 10.1 Å². The fourth-order valence-electron chi connectivity index (χ4n) is 3.35. The summed E-state index contributed by atoms with van der Waals surface area (Å²) in [6.07, 6.45) is 1.33. The van der Waals surface area contributed by atoms with E-state index in [1.807, 2.05) is 0 Å². The van der Waals surface area contributed by atoms with E-state index < -0.39 is 22.8 Å². The summed E-state index contributed by atoms with van der Waals surface area (Å²) in [7, 11) is 0. The van der Waals surface area contributed by atoms with Crippen molar-refractivity contribution in [3.05, 3.63) is 101 Å². The van der Waals surface area contributed by atoms with Crippen LogP contribution in [0.4, 0.5) is 16.2 Å². The van der Waals surface area contributed by atoms with Gasteiger partial charge in [-0.1, -0.05) is 27.5 Å². The first-order chi connectivity index (χ1) is 17.1. The lowest BCUT2D eigenvalue weighted by atomic mass is 10.1. The molecule has 4 rings (SSSR count). The monoisotopic (exact) mass is 633 g/mol. The summed E-state index contributed by atoms with van der Waals surface area (Å²) >= 11 is 12.7. The first-order valence-corrected chi connectivity index (χ1v) is 12.1. The summed E-state index contributed by atoms with van der Waals surface area (Å²) in [4.78, 5) is 49.5. The highest BCUT2D eigenvalue weighted by Crippen LogP contribution is 2.36. The van der Waals surface area contributed by atoms with E-state index in [0.29, 0.717) is 30.8 Å². The van der Waals surface area contributed by atoms with E-state index >= 15 is 0 Å². The highest BCUT2D eigenvalue weighted by atomic mass is 79.9. The number of halogens is 3. The van der Waals surface area contributed by atoms with Crippen LogP contribution in [0.2, 0.25) is 5.02 Å². The molecule has 9 nitrogen and oxygen atoms in total. The number of barbiturate groups is 1. The molecule has 0 aromatic heterocycles. The van der Waals surface area contributed by atoms with Gasteiger partial charge in [-0.2, -0.15) is 0 Å². The third-order valence-corrected chi connectivity index (χ3v) is 6.35. The zero-order valence-corrected chi connectivity index (χ0v) is 22.0. The smallest absolute Gasteiger partial charge is 0.335 e. The third kappa shape index (κ3) is 5.48. The highest BCUT2D eigenvalue weighted by Gasteiger charge is 2.37. The highest BCUT2D eigenvalue weighted by molar-refractivity contribution is 9.11. The van der Waals surface area contributed by atoms with E-state index in [9.17, 15) is 24.5 Å². The average Bonchev–Trinajstić information content (AvgIpc) is 2.82. The standard InChI is InChI=1S/C24H14Br2ClN3O6/c25-15-9-14(21(20(26)11-15)36-12-13-1-5-18(6-2-13)30(34)35)10-19-22(31)28-24(33)29(23(19)32)17-7-3-16(27)4-8-17/h1-11H,12H2,(H,28,31,33)/b19-10+. The van der Waals surface area contributed by atoms with Gasteiger partial charge >= 0.3 is 6.03 Å². The average molecular weight is 636 g/mol. The van der Waals surface area contributed by atoms with E-state index in [2.05, 4.69) is 37.2 Å². The van der Waals surface area contributed by atoms with Gasteiger partial charge in [-0.05, 0) is 76.1 Å². The van der Waals surface area contributed by atoms with Crippen LogP contribution in [0.5, 0.6) is 5.75 Å². The Labute approximate surface area is 226 Å². The molecule has 1 heterocycles. The number of hydrogen-bond donors (Lipinski definition) is 1. The molecule has 3 aromatic rings. The Kier molecular flexibility index (Phi) is 7.53. The number of rotatable bonds is 6. The number of nitro benzene ring substituents is 1. The van der Waals surface area contributed by atoms with Gasteiger partial charge in [0.05, 0.1) is 15.1 Å². The minimum Gasteiger partial charge on any atom is -0.487 e. The normalized spacial score (nSPS) is 14.7. The number of nitro groups is 1. The first-order valence-electron chi connectivity index (χ1n) is 10.2. The summed E-state index contributed by atoms with van der Waals surface area (Å²) < 4.78 is 7.11. The van der Waals surface area contributed by atoms with E-state index in [-0.39, 0.29) is 23.6 Å². The van der Waals surface area contributed by atoms with Crippen LogP contribution >= 0.6 is 43.5 Å². The van der Waals surface area contributed by atoms with Crippen molar-refractivity contribution in [3.63, 3.8) is 0 Å². The topological polar surface area (TPSA) is 119 Å². The molecular formula is C24H14Br2ClN3O6. The van der Waals surface area contributed by atoms with Gasteiger partial charge in [-0.3, -0.25) is 25.0 Å². The van der Waals surface area contributed by atoms with E-state index in [4.69, 9.17) is 16.3 Å². The van der Waals surface area contributed by atoms with Crippen molar-refractivity contribution in [2.24, 2.45) is 0 Å². The molecule has 1 aliphatic rings. The van der Waals surface area contributed by atoms with Crippen molar-refractivity contribution in [1.82, 2.24) is 5.32 Å². The molecule has 0 spiro atoms. The number of nitrogens with one attached hydrogen (secondary N) is 1. The molecule has 36 heavy (non-hydrogen) atoms. The van der Waals surface area contributed by atoms with Gasteiger partial charge in [-0.15, -0.1) is 0 Å². The van der Waals surface area contributed by atoms with Crippen molar-refractivity contribution in [2.75, 3.05) is 4.90 Å². The second-order valence-corrected chi connectivity index (χ2v) is 9.66. The molecular weight excluding hydrogens is 622 g/mol. The van der Waals surface area contributed by atoms with Crippen LogP contribution in [0.1, 0.15) is 11.1 Å². The molecule has 3 aromatic carbocycles. The minimum absolute atomic E-state index is 0.0457. The van der Waals surface area contributed by atoms with Gasteiger partial charge in [0.15, 0.2) is 0 Å². The van der Waals surface area contributed by atoms with E-state index in [1.54, 1.807) is 24.3 Å². The summed E-state index contributed by atoms with van der Waals surface area (Å²) in [5.74, 6) is -1.35. The Morgan fingerprint density at radius 1 is 1.03 bits per heavy atom. The Morgan fingerprint density at radius 2 is 1.69 bits per heavy atom. The number of carbonyl (C=O) groups excluding carboxylic acids is 3. The minimum atomic E-state index is -0.880. The lowest BCUT2D eigenvalue weighted by Crippen LogP contribution is -2.54. The molecule has 0 aliphatic carbocycles. The predicted octanol–water partition coefficient (Wildman–Crippen LogP) is 6.02. The molecule has 1 N–H and O–H groups in total. The zero-order valence-electron chi connectivity index (χ0n) is 18.0. The van der Waals surface area contributed by atoms with Crippen molar-refractivity contribution in [1.29, 1.82) is 0 Å². The van der Waals surface area contributed by atoms with E-state index in [1.165, 1.54) is 42.5 Å². The summed E-state index contributed by atoms with van der Waals surface area (Å²) in [6, 6.07) is 14.4. The molecule has 0 radical (unpaired) electrons. The molecule has 1 saturated heterocycles. The molecule has 0 saturated carbocycles. The number of carbonyl (C=O) groups is 3. The fourth-order valence-corrected chi connectivity index (χ4v) is 4.85. The number of imide groups is 2. The molecule has 0 bridgehead atoms. The van der Waals surface area contributed by atoms with Gasteiger partial charge in [0.25, 0.3) is 17.5 Å². The Morgan fingerprint density at radius 3 is 2.33 bits per heavy atom.